The summed E-state index contributed by atoms with van der Waals surface area (Å²) in [7, 11) is 0. The van der Waals surface area contributed by atoms with Gasteiger partial charge < -0.3 is 19.2 Å². The van der Waals surface area contributed by atoms with E-state index in [1.54, 1.807) is 6.07 Å². The SMILES string of the molecule is O=C(COC(=O)CCn1nc(-c2cccs2)oc1=O)NC[C@H]1CCCO1. The Kier molecular flexibility index (Phi) is 6.18. The Labute approximate surface area is 152 Å². The molecule has 26 heavy (non-hydrogen) atoms. The number of carbonyl (C=O) groups is 2. The highest BCUT2D eigenvalue weighted by molar-refractivity contribution is 7.13. The van der Waals surface area contributed by atoms with Crippen LogP contribution in [0.2, 0.25) is 0 Å². The third-order valence-corrected chi connectivity index (χ3v) is 4.64. The zero-order chi connectivity index (χ0) is 18.4. The van der Waals surface area contributed by atoms with Crippen LogP contribution >= 0.6 is 11.3 Å². The predicted molar refractivity (Wildman–Crippen MR) is 91.6 cm³/mol. The number of aromatic nitrogens is 2. The molecule has 0 aliphatic carbocycles. The molecule has 1 aliphatic heterocycles. The van der Waals surface area contributed by atoms with Gasteiger partial charge in [-0.3, -0.25) is 9.59 Å². The lowest BCUT2D eigenvalue weighted by Crippen LogP contribution is -2.35. The number of thiophene rings is 1. The van der Waals surface area contributed by atoms with Crippen LogP contribution in [-0.2, 0) is 25.6 Å². The fourth-order valence-electron chi connectivity index (χ4n) is 2.45. The van der Waals surface area contributed by atoms with Gasteiger partial charge in [-0.1, -0.05) is 6.07 Å². The van der Waals surface area contributed by atoms with Crippen molar-refractivity contribution in [2.24, 2.45) is 0 Å². The van der Waals surface area contributed by atoms with Gasteiger partial charge in [-0.15, -0.1) is 16.4 Å². The van der Waals surface area contributed by atoms with Crippen LogP contribution in [0, 0.1) is 0 Å². The van der Waals surface area contributed by atoms with Crippen molar-refractivity contribution in [3.05, 3.63) is 28.1 Å². The Bertz CT molecular complexity index is 791. The highest BCUT2D eigenvalue weighted by Crippen LogP contribution is 2.21. The number of hydrogen-bond acceptors (Lipinski definition) is 8. The van der Waals surface area contributed by atoms with E-state index in [9.17, 15) is 14.4 Å². The van der Waals surface area contributed by atoms with Crippen LogP contribution < -0.4 is 11.1 Å². The maximum absolute atomic E-state index is 11.7. The summed E-state index contributed by atoms with van der Waals surface area (Å²) >= 11 is 1.39. The normalized spacial score (nSPS) is 16.5. The average molecular weight is 381 g/mol. The zero-order valence-electron chi connectivity index (χ0n) is 14.0. The summed E-state index contributed by atoms with van der Waals surface area (Å²) in [6.45, 7) is 0.783. The lowest BCUT2D eigenvalue weighted by atomic mass is 10.2. The third-order valence-electron chi connectivity index (χ3n) is 3.78. The van der Waals surface area contributed by atoms with Crippen molar-refractivity contribution in [2.75, 3.05) is 19.8 Å². The number of aryl methyl sites for hydroxylation is 1. The van der Waals surface area contributed by atoms with Crippen molar-refractivity contribution in [3.8, 4) is 10.8 Å². The second-order valence-corrected chi connectivity index (χ2v) is 6.67. The van der Waals surface area contributed by atoms with Gasteiger partial charge in [-0.2, -0.15) is 4.68 Å². The summed E-state index contributed by atoms with van der Waals surface area (Å²) in [5, 5.41) is 8.54. The number of hydrogen-bond donors (Lipinski definition) is 1. The minimum absolute atomic E-state index is 0.0179. The summed E-state index contributed by atoms with van der Waals surface area (Å²) in [5.74, 6) is -1.40. The fraction of sp³-hybridized carbons (Fsp3) is 0.500. The zero-order valence-corrected chi connectivity index (χ0v) is 14.8. The van der Waals surface area contributed by atoms with E-state index in [1.807, 2.05) is 11.4 Å². The molecule has 1 saturated heterocycles. The molecule has 0 bridgehead atoms. The van der Waals surface area contributed by atoms with Crippen LogP contribution in [-0.4, -0.2) is 47.5 Å². The largest absolute Gasteiger partial charge is 0.456 e. The summed E-state index contributed by atoms with van der Waals surface area (Å²) in [4.78, 5) is 35.8. The predicted octanol–water partition coefficient (Wildman–Crippen LogP) is 0.793. The number of esters is 1. The number of amides is 1. The van der Waals surface area contributed by atoms with E-state index in [-0.39, 0.29) is 37.5 Å². The molecule has 3 rings (SSSR count). The smallest absolute Gasteiger partial charge is 0.437 e. The average Bonchev–Trinajstić information content (AvgIpc) is 3.37. The van der Waals surface area contributed by atoms with Gasteiger partial charge in [0.15, 0.2) is 6.61 Å². The minimum atomic E-state index is -0.643. The Hall–Kier alpha value is -2.46. The van der Waals surface area contributed by atoms with Gasteiger partial charge in [0.1, 0.15) is 0 Å². The molecule has 2 aromatic heterocycles. The van der Waals surface area contributed by atoms with Gasteiger partial charge >= 0.3 is 11.7 Å². The summed E-state index contributed by atoms with van der Waals surface area (Å²) < 4.78 is 16.4. The van der Waals surface area contributed by atoms with Crippen molar-refractivity contribution in [2.45, 2.75) is 31.9 Å². The summed E-state index contributed by atoms with van der Waals surface area (Å²) in [6.07, 6.45) is 1.85. The molecular formula is C16H19N3O6S. The van der Waals surface area contributed by atoms with E-state index in [1.165, 1.54) is 11.3 Å². The molecule has 2 aromatic rings. The molecule has 1 N–H and O–H groups in total. The van der Waals surface area contributed by atoms with Gasteiger partial charge in [-0.05, 0) is 24.3 Å². The van der Waals surface area contributed by atoms with E-state index in [0.717, 1.165) is 22.4 Å². The molecular weight excluding hydrogens is 362 g/mol. The second kappa shape index (κ2) is 8.77. The first-order valence-electron chi connectivity index (χ1n) is 8.27. The van der Waals surface area contributed by atoms with E-state index in [0.29, 0.717) is 13.2 Å². The molecule has 0 unspecified atom stereocenters. The molecule has 10 heteroatoms. The van der Waals surface area contributed by atoms with E-state index < -0.39 is 11.7 Å². The van der Waals surface area contributed by atoms with Crippen molar-refractivity contribution in [1.29, 1.82) is 0 Å². The first kappa shape index (κ1) is 18.3. The number of nitrogens with one attached hydrogen (secondary N) is 1. The monoisotopic (exact) mass is 381 g/mol. The molecule has 1 amide bonds. The van der Waals surface area contributed by atoms with Gasteiger partial charge in [0, 0.05) is 13.2 Å². The molecule has 140 valence electrons. The van der Waals surface area contributed by atoms with Crippen LogP contribution in [0.15, 0.2) is 26.7 Å². The molecule has 0 aromatic carbocycles. The second-order valence-electron chi connectivity index (χ2n) is 5.72. The first-order chi connectivity index (χ1) is 12.6. The van der Waals surface area contributed by atoms with Crippen LogP contribution in [0.25, 0.3) is 10.8 Å². The maximum atomic E-state index is 11.7. The molecule has 0 radical (unpaired) electrons. The summed E-state index contributed by atoms with van der Waals surface area (Å²) in [6, 6.07) is 3.60. The molecule has 1 aliphatic rings. The first-order valence-corrected chi connectivity index (χ1v) is 9.15. The quantitative estimate of drug-likeness (QED) is 0.673. The van der Waals surface area contributed by atoms with Crippen molar-refractivity contribution >= 4 is 23.2 Å². The molecule has 0 spiro atoms. The van der Waals surface area contributed by atoms with Crippen molar-refractivity contribution < 1.29 is 23.5 Å². The number of carbonyl (C=O) groups excluding carboxylic acids is 2. The third kappa shape index (κ3) is 5.02. The van der Waals surface area contributed by atoms with Gasteiger partial charge in [0.2, 0.25) is 0 Å². The Balaban J connectivity index is 1.38. The van der Waals surface area contributed by atoms with E-state index >= 15 is 0 Å². The Morgan fingerprint density at radius 3 is 3.08 bits per heavy atom. The molecule has 1 fully saturated rings. The Morgan fingerprint density at radius 1 is 1.46 bits per heavy atom. The van der Waals surface area contributed by atoms with Gasteiger partial charge in [0.05, 0.1) is 23.9 Å². The van der Waals surface area contributed by atoms with Gasteiger partial charge in [-0.25, -0.2) is 4.79 Å². The van der Waals surface area contributed by atoms with Crippen molar-refractivity contribution in [3.63, 3.8) is 0 Å². The van der Waals surface area contributed by atoms with Crippen LogP contribution in [0.5, 0.6) is 0 Å². The summed E-state index contributed by atoms with van der Waals surface area (Å²) in [5.41, 5.74) is 0. The molecule has 9 nitrogen and oxygen atoms in total. The number of rotatable bonds is 8. The lowest BCUT2D eigenvalue weighted by Gasteiger charge is -2.10. The highest BCUT2D eigenvalue weighted by Gasteiger charge is 2.17. The van der Waals surface area contributed by atoms with E-state index in [2.05, 4.69) is 10.4 Å². The molecule has 1 atom stereocenters. The Morgan fingerprint density at radius 2 is 2.35 bits per heavy atom. The van der Waals surface area contributed by atoms with Gasteiger partial charge in [0.25, 0.3) is 11.8 Å². The maximum Gasteiger partial charge on any atom is 0.437 e. The van der Waals surface area contributed by atoms with Crippen molar-refractivity contribution in [1.82, 2.24) is 15.1 Å². The van der Waals surface area contributed by atoms with E-state index in [4.69, 9.17) is 13.9 Å². The number of ether oxygens (including phenoxy) is 2. The standard InChI is InChI=1S/C16H19N3O6S/c20-13(17-9-11-3-1-7-23-11)10-24-14(21)5-6-19-16(22)25-15(18-19)12-4-2-8-26-12/h2,4,8,11H,1,3,5-7,9-10H2,(H,17,20)/t11-/m1/s1. The fourth-order valence-corrected chi connectivity index (χ4v) is 3.09. The van der Waals surface area contributed by atoms with Crippen LogP contribution in [0.4, 0.5) is 0 Å². The lowest BCUT2D eigenvalue weighted by molar-refractivity contribution is -0.148. The van der Waals surface area contributed by atoms with Crippen LogP contribution in [0.3, 0.4) is 0 Å². The highest BCUT2D eigenvalue weighted by atomic mass is 32.1. The minimum Gasteiger partial charge on any atom is -0.456 e. The van der Waals surface area contributed by atoms with Crippen LogP contribution in [0.1, 0.15) is 19.3 Å². The number of nitrogens with zero attached hydrogens (tertiary/aromatic N) is 2. The molecule has 0 saturated carbocycles. The topological polar surface area (TPSA) is 113 Å². The molecule has 3 heterocycles.